The quantitative estimate of drug-likeness (QED) is 0.578. The minimum Gasteiger partial charge on any atom is -0.372 e. The molecule has 0 N–H and O–H groups in total. The van der Waals surface area contributed by atoms with E-state index in [9.17, 15) is 9.59 Å². The van der Waals surface area contributed by atoms with E-state index in [-0.39, 0.29) is 25.0 Å². The largest absolute Gasteiger partial charge is 0.372 e. The van der Waals surface area contributed by atoms with Gasteiger partial charge in [0.05, 0.1) is 13.2 Å². The van der Waals surface area contributed by atoms with Gasteiger partial charge in [0.2, 0.25) is 0 Å². The molecule has 0 bridgehead atoms. The molecular weight excluding hydrogens is 268 g/mol. The second kappa shape index (κ2) is 10.2. The molecule has 0 aliphatic carbocycles. The molecule has 0 fully saturated rings. The molecule has 0 heterocycles. The van der Waals surface area contributed by atoms with Crippen LogP contribution in [0.4, 0.5) is 0 Å². The van der Waals surface area contributed by atoms with Gasteiger partial charge in [-0.3, -0.25) is 9.59 Å². The third kappa shape index (κ3) is 6.12. The number of nitrogens with zero attached hydrogens (tertiary/aromatic N) is 2. The van der Waals surface area contributed by atoms with E-state index in [4.69, 9.17) is 4.74 Å². The Hall–Kier alpha value is -1.62. The molecule has 0 saturated heterocycles. The van der Waals surface area contributed by atoms with Gasteiger partial charge in [-0.15, -0.1) is 0 Å². The normalized spacial score (nSPS) is 10.1. The maximum absolute atomic E-state index is 12.0. The minimum atomic E-state index is -0.110. The molecule has 0 atom stereocenters. The molecule has 0 saturated carbocycles. The van der Waals surface area contributed by atoms with Crippen molar-refractivity contribution in [2.45, 2.75) is 27.7 Å². The Bertz CT molecular complexity index is 347. The zero-order valence-electron chi connectivity index (χ0n) is 13.8. The van der Waals surface area contributed by atoms with E-state index in [1.807, 2.05) is 27.7 Å². The van der Waals surface area contributed by atoms with E-state index in [1.54, 1.807) is 9.80 Å². The predicted octanol–water partition coefficient (Wildman–Crippen LogP) is 1.85. The van der Waals surface area contributed by atoms with Crippen LogP contribution in [0.3, 0.4) is 0 Å². The van der Waals surface area contributed by atoms with Crippen LogP contribution in [0.2, 0.25) is 0 Å². The minimum absolute atomic E-state index is 0.110. The molecule has 0 aromatic carbocycles. The topological polar surface area (TPSA) is 49.9 Å². The lowest BCUT2D eigenvalue weighted by Gasteiger charge is -2.21. The van der Waals surface area contributed by atoms with E-state index in [2.05, 4.69) is 13.2 Å². The molecule has 0 aliphatic heterocycles. The maximum Gasteiger partial charge on any atom is 0.251 e. The second-order valence-corrected chi connectivity index (χ2v) is 4.65. The van der Waals surface area contributed by atoms with Gasteiger partial charge in [0.1, 0.15) is 0 Å². The Labute approximate surface area is 128 Å². The number of amides is 2. The van der Waals surface area contributed by atoms with Crippen LogP contribution in [0.5, 0.6) is 0 Å². The number of rotatable bonds is 10. The summed E-state index contributed by atoms with van der Waals surface area (Å²) in [5, 5.41) is 0. The van der Waals surface area contributed by atoms with Crippen LogP contribution in [0, 0.1) is 0 Å². The molecule has 0 unspecified atom stereocenters. The van der Waals surface area contributed by atoms with Gasteiger partial charge in [-0.05, 0) is 27.7 Å². The third-order valence-electron chi connectivity index (χ3n) is 3.26. The Kier molecular flexibility index (Phi) is 9.37. The lowest BCUT2D eigenvalue weighted by Crippen LogP contribution is -2.34. The van der Waals surface area contributed by atoms with Crippen molar-refractivity contribution < 1.29 is 14.3 Å². The van der Waals surface area contributed by atoms with Crippen LogP contribution in [0.15, 0.2) is 24.3 Å². The summed E-state index contributed by atoms with van der Waals surface area (Å²) in [4.78, 5) is 27.3. The number of hydrogen-bond donors (Lipinski definition) is 0. The van der Waals surface area contributed by atoms with Crippen LogP contribution < -0.4 is 0 Å². The lowest BCUT2D eigenvalue weighted by atomic mass is 10.2. The summed E-state index contributed by atoms with van der Waals surface area (Å²) >= 11 is 0. The molecule has 0 radical (unpaired) electrons. The average Bonchev–Trinajstić information content (AvgIpc) is 2.49. The van der Waals surface area contributed by atoms with Gasteiger partial charge in [-0.25, -0.2) is 0 Å². The summed E-state index contributed by atoms with van der Waals surface area (Å²) in [5.74, 6) is -0.221. The van der Waals surface area contributed by atoms with Crippen molar-refractivity contribution >= 4 is 11.8 Å². The highest BCUT2D eigenvalue weighted by molar-refractivity contribution is 5.93. The van der Waals surface area contributed by atoms with Crippen LogP contribution in [0.1, 0.15) is 27.7 Å². The van der Waals surface area contributed by atoms with Gasteiger partial charge in [0.15, 0.2) is 0 Å². The van der Waals surface area contributed by atoms with E-state index in [1.165, 1.54) is 0 Å². The summed E-state index contributed by atoms with van der Waals surface area (Å²) in [6.07, 6.45) is 0. The van der Waals surface area contributed by atoms with Crippen molar-refractivity contribution in [3.8, 4) is 0 Å². The van der Waals surface area contributed by atoms with Gasteiger partial charge >= 0.3 is 0 Å². The van der Waals surface area contributed by atoms with Gasteiger partial charge in [-0.1, -0.05) is 13.2 Å². The van der Waals surface area contributed by atoms with Gasteiger partial charge in [-0.2, -0.15) is 0 Å². The summed E-state index contributed by atoms with van der Waals surface area (Å²) in [6.45, 7) is 17.9. The van der Waals surface area contributed by atoms with Crippen LogP contribution in [0.25, 0.3) is 0 Å². The molecule has 5 nitrogen and oxygen atoms in total. The Morgan fingerprint density at radius 2 is 1.05 bits per heavy atom. The monoisotopic (exact) mass is 296 g/mol. The molecular formula is C16H28N2O3. The fraction of sp³-hybridized carbons (Fsp3) is 0.625. The first-order chi connectivity index (χ1) is 9.92. The third-order valence-corrected chi connectivity index (χ3v) is 3.26. The Morgan fingerprint density at radius 1 is 0.762 bits per heavy atom. The number of ether oxygens (including phenoxy) is 1. The summed E-state index contributed by atoms with van der Waals surface area (Å²) < 4.78 is 5.38. The van der Waals surface area contributed by atoms with E-state index in [0.717, 1.165) is 0 Å². The fourth-order valence-corrected chi connectivity index (χ4v) is 1.89. The number of carbonyl (C=O) groups excluding carboxylic acids is 2. The zero-order valence-corrected chi connectivity index (χ0v) is 13.8. The Morgan fingerprint density at radius 3 is 1.29 bits per heavy atom. The van der Waals surface area contributed by atoms with Crippen molar-refractivity contribution in [2.75, 3.05) is 39.4 Å². The SMILES string of the molecule is C=C(COCC(=C)C(=O)N(CC)CC)C(=O)N(CC)CC. The van der Waals surface area contributed by atoms with Crippen LogP contribution in [-0.4, -0.2) is 61.0 Å². The molecule has 0 aromatic heterocycles. The zero-order chi connectivity index (χ0) is 16.4. The number of hydrogen-bond acceptors (Lipinski definition) is 3. The Balaban J connectivity index is 4.25. The van der Waals surface area contributed by atoms with Crippen molar-refractivity contribution in [2.24, 2.45) is 0 Å². The summed E-state index contributed by atoms with van der Waals surface area (Å²) in [7, 11) is 0. The first-order valence-electron chi connectivity index (χ1n) is 7.44. The van der Waals surface area contributed by atoms with Gasteiger partial charge < -0.3 is 14.5 Å². The summed E-state index contributed by atoms with van der Waals surface area (Å²) in [6, 6.07) is 0. The highest BCUT2D eigenvalue weighted by atomic mass is 16.5. The first kappa shape index (κ1) is 19.4. The number of likely N-dealkylation sites (N-methyl/N-ethyl adjacent to an activating group) is 2. The highest BCUT2D eigenvalue weighted by Crippen LogP contribution is 2.04. The fourth-order valence-electron chi connectivity index (χ4n) is 1.89. The average molecular weight is 296 g/mol. The van der Waals surface area contributed by atoms with Gasteiger partial charge in [0.25, 0.3) is 11.8 Å². The maximum atomic E-state index is 12.0. The van der Waals surface area contributed by atoms with Crippen molar-refractivity contribution in [3.63, 3.8) is 0 Å². The van der Waals surface area contributed by atoms with E-state index in [0.29, 0.717) is 37.3 Å². The molecule has 0 rings (SSSR count). The van der Waals surface area contributed by atoms with Crippen molar-refractivity contribution in [1.82, 2.24) is 9.80 Å². The highest BCUT2D eigenvalue weighted by Gasteiger charge is 2.16. The molecule has 0 spiro atoms. The molecule has 0 aliphatic rings. The molecule has 2 amide bonds. The smallest absolute Gasteiger partial charge is 0.251 e. The van der Waals surface area contributed by atoms with Crippen LogP contribution in [-0.2, 0) is 14.3 Å². The standard InChI is InChI=1S/C16H28N2O3/c1-7-17(8-2)15(19)13(5)11-21-12-14(6)16(20)18(9-3)10-4/h5-12H2,1-4H3. The lowest BCUT2D eigenvalue weighted by molar-refractivity contribution is -0.127. The molecule has 120 valence electrons. The van der Waals surface area contributed by atoms with E-state index >= 15 is 0 Å². The molecule has 21 heavy (non-hydrogen) atoms. The van der Waals surface area contributed by atoms with Gasteiger partial charge in [0, 0.05) is 37.3 Å². The van der Waals surface area contributed by atoms with Crippen molar-refractivity contribution in [3.05, 3.63) is 24.3 Å². The molecule has 5 heteroatoms. The van der Waals surface area contributed by atoms with Crippen LogP contribution >= 0.6 is 0 Å². The number of carbonyl (C=O) groups is 2. The molecule has 0 aromatic rings. The first-order valence-corrected chi connectivity index (χ1v) is 7.44. The second-order valence-electron chi connectivity index (χ2n) is 4.65. The predicted molar refractivity (Wildman–Crippen MR) is 85.0 cm³/mol. The van der Waals surface area contributed by atoms with Crippen molar-refractivity contribution in [1.29, 1.82) is 0 Å². The van der Waals surface area contributed by atoms with E-state index < -0.39 is 0 Å². The summed E-state index contributed by atoms with van der Waals surface area (Å²) in [5.41, 5.74) is 0.781.